The number of aliphatic carboxylic acids is 2. The normalized spacial score (nSPS) is 11.3. The lowest BCUT2D eigenvalue weighted by Crippen LogP contribution is -2.54. The molecule has 0 rings (SSSR count). The van der Waals surface area contributed by atoms with Gasteiger partial charge in [0.2, 0.25) is 0 Å². The van der Waals surface area contributed by atoms with Crippen LogP contribution in [-0.4, -0.2) is 58.3 Å². The predicted molar refractivity (Wildman–Crippen MR) is 57.6 cm³/mol. The lowest BCUT2D eigenvalue weighted by Gasteiger charge is -2.32. The largest absolute Gasteiger partial charge is 0.480 e. The summed E-state index contributed by atoms with van der Waals surface area (Å²) in [6, 6.07) is 0. The van der Waals surface area contributed by atoms with Crippen LogP contribution in [0.4, 0.5) is 0 Å². The molecule has 0 aliphatic heterocycles. The summed E-state index contributed by atoms with van der Waals surface area (Å²) in [5.74, 6) is -3.06. The molecule has 0 bridgehead atoms. The Bertz CT molecular complexity index is 312. The van der Waals surface area contributed by atoms with E-state index in [1.54, 1.807) is 6.92 Å². The van der Waals surface area contributed by atoms with Gasteiger partial charge in [-0.05, 0) is 20.8 Å². The molecule has 0 atom stereocenters. The lowest BCUT2D eigenvalue weighted by atomic mass is 10.0. The molecule has 7 nitrogen and oxygen atoms in total. The van der Waals surface area contributed by atoms with Crippen LogP contribution in [0.2, 0.25) is 0 Å². The fourth-order valence-electron chi connectivity index (χ4n) is 1.11. The van der Waals surface area contributed by atoms with Crippen molar-refractivity contribution in [3.63, 3.8) is 0 Å². The molecular formula is C10H17NO6. The third kappa shape index (κ3) is 4.81. The number of ether oxygens (including phenoxy) is 1. The van der Waals surface area contributed by atoms with Crippen LogP contribution >= 0.6 is 0 Å². The van der Waals surface area contributed by atoms with Crippen LogP contribution in [0.25, 0.3) is 0 Å². The van der Waals surface area contributed by atoms with E-state index in [4.69, 9.17) is 10.2 Å². The molecule has 0 aliphatic carbocycles. The Hall–Kier alpha value is -1.63. The average Bonchev–Trinajstić information content (AvgIpc) is 2.15. The molecule has 0 fully saturated rings. The third-order valence-corrected chi connectivity index (χ3v) is 2.27. The van der Waals surface area contributed by atoms with E-state index >= 15 is 0 Å². The number of nitrogens with zero attached hydrogens (tertiary/aromatic N) is 1. The average molecular weight is 247 g/mol. The molecule has 2 N–H and O–H groups in total. The number of carboxylic acid groups (broad SMARTS) is 2. The molecule has 17 heavy (non-hydrogen) atoms. The smallest absolute Gasteiger partial charge is 0.323 e. The number of esters is 1. The highest BCUT2D eigenvalue weighted by atomic mass is 16.5. The molecular weight excluding hydrogens is 230 g/mol. The summed E-state index contributed by atoms with van der Waals surface area (Å²) in [5, 5.41) is 17.7. The van der Waals surface area contributed by atoms with Gasteiger partial charge in [-0.2, -0.15) is 0 Å². The van der Waals surface area contributed by atoms with Gasteiger partial charge in [0.1, 0.15) is 5.54 Å². The second-order valence-electron chi connectivity index (χ2n) is 3.92. The van der Waals surface area contributed by atoms with Gasteiger partial charge < -0.3 is 14.9 Å². The highest BCUT2D eigenvalue weighted by Crippen LogP contribution is 2.14. The van der Waals surface area contributed by atoms with Crippen molar-refractivity contribution in [1.29, 1.82) is 0 Å². The van der Waals surface area contributed by atoms with E-state index in [0.717, 1.165) is 4.90 Å². The molecule has 0 spiro atoms. The predicted octanol–water partition coefficient (Wildman–Crippen LogP) is -0.201. The number of rotatable bonds is 7. The zero-order valence-corrected chi connectivity index (χ0v) is 10.1. The number of hydrogen-bond donors (Lipinski definition) is 2. The lowest BCUT2D eigenvalue weighted by molar-refractivity contribution is -0.156. The first-order valence-electron chi connectivity index (χ1n) is 5.07. The van der Waals surface area contributed by atoms with E-state index < -0.39 is 30.0 Å². The van der Waals surface area contributed by atoms with Crippen LogP contribution in [0.1, 0.15) is 20.8 Å². The summed E-state index contributed by atoms with van der Waals surface area (Å²) in [5.41, 5.74) is -1.45. The Labute approximate surface area is 99.0 Å². The van der Waals surface area contributed by atoms with E-state index in [9.17, 15) is 14.4 Å². The van der Waals surface area contributed by atoms with E-state index in [-0.39, 0.29) is 13.2 Å². The van der Waals surface area contributed by atoms with Crippen molar-refractivity contribution in [2.75, 3.05) is 19.7 Å². The maximum Gasteiger partial charge on any atom is 0.323 e. The van der Waals surface area contributed by atoms with Crippen molar-refractivity contribution in [1.82, 2.24) is 4.90 Å². The Morgan fingerprint density at radius 2 is 1.71 bits per heavy atom. The first kappa shape index (κ1) is 15.4. The first-order chi connectivity index (χ1) is 7.71. The Morgan fingerprint density at radius 1 is 1.18 bits per heavy atom. The Balaban J connectivity index is 4.82. The standard InChI is InChI=1S/C10H17NO6/c1-4-17-8(14)6-11(5-7(12)13)10(2,3)9(15)16/h4-6H2,1-3H3,(H,12,13)(H,15,16). The zero-order valence-electron chi connectivity index (χ0n) is 10.1. The second kappa shape index (κ2) is 6.19. The SMILES string of the molecule is CCOC(=O)CN(CC(=O)O)C(C)(C)C(=O)O. The summed E-state index contributed by atoms with van der Waals surface area (Å²) >= 11 is 0. The van der Waals surface area contributed by atoms with Crippen molar-refractivity contribution in [3.05, 3.63) is 0 Å². The van der Waals surface area contributed by atoms with Gasteiger partial charge in [-0.25, -0.2) is 0 Å². The fraction of sp³-hybridized carbons (Fsp3) is 0.700. The number of hydrogen-bond acceptors (Lipinski definition) is 5. The van der Waals surface area contributed by atoms with Crippen LogP contribution in [0.15, 0.2) is 0 Å². The molecule has 0 radical (unpaired) electrons. The topological polar surface area (TPSA) is 104 Å². The molecule has 0 aromatic carbocycles. The zero-order chi connectivity index (χ0) is 13.6. The summed E-state index contributed by atoms with van der Waals surface area (Å²) < 4.78 is 4.66. The van der Waals surface area contributed by atoms with Crippen LogP contribution in [-0.2, 0) is 19.1 Å². The maximum absolute atomic E-state index is 11.3. The monoisotopic (exact) mass is 247 g/mol. The molecule has 0 heterocycles. The molecule has 0 aromatic rings. The van der Waals surface area contributed by atoms with E-state index in [2.05, 4.69) is 4.74 Å². The summed E-state index contributed by atoms with van der Waals surface area (Å²) in [6.45, 7) is 3.52. The van der Waals surface area contributed by atoms with E-state index in [1.165, 1.54) is 13.8 Å². The fourth-order valence-corrected chi connectivity index (χ4v) is 1.11. The molecule has 0 saturated heterocycles. The minimum Gasteiger partial charge on any atom is -0.480 e. The van der Waals surface area contributed by atoms with Gasteiger partial charge in [-0.3, -0.25) is 19.3 Å². The molecule has 0 aliphatic rings. The van der Waals surface area contributed by atoms with Crippen molar-refractivity contribution in [2.45, 2.75) is 26.3 Å². The summed E-state index contributed by atoms with van der Waals surface area (Å²) in [7, 11) is 0. The van der Waals surface area contributed by atoms with Crippen LogP contribution in [0, 0.1) is 0 Å². The molecule has 98 valence electrons. The van der Waals surface area contributed by atoms with Gasteiger partial charge in [-0.15, -0.1) is 0 Å². The van der Waals surface area contributed by atoms with Gasteiger partial charge in [0.15, 0.2) is 0 Å². The van der Waals surface area contributed by atoms with E-state index in [1.807, 2.05) is 0 Å². The van der Waals surface area contributed by atoms with Gasteiger partial charge in [-0.1, -0.05) is 0 Å². The van der Waals surface area contributed by atoms with Crippen LogP contribution in [0.3, 0.4) is 0 Å². The Morgan fingerprint density at radius 3 is 2.06 bits per heavy atom. The third-order valence-electron chi connectivity index (χ3n) is 2.27. The molecule has 0 aromatic heterocycles. The molecule has 0 unspecified atom stereocenters. The molecule has 0 amide bonds. The molecule has 0 saturated carbocycles. The number of carbonyl (C=O) groups excluding carboxylic acids is 1. The maximum atomic E-state index is 11.3. The van der Waals surface area contributed by atoms with Crippen LogP contribution in [0.5, 0.6) is 0 Å². The highest BCUT2D eigenvalue weighted by Gasteiger charge is 2.37. The quantitative estimate of drug-likeness (QED) is 0.600. The van der Waals surface area contributed by atoms with Crippen molar-refractivity contribution < 1.29 is 29.3 Å². The highest BCUT2D eigenvalue weighted by molar-refractivity contribution is 5.81. The van der Waals surface area contributed by atoms with Crippen molar-refractivity contribution in [3.8, 4) is 0 Å². The van der Waals surface area contributed by atoms with Crippen LogP contribution < -0.4 is 0 Å². The summed E-state index contributed by atoms with van der Waals surface area (Å²) in [6.07, 6.45) is 0. The van der Waals surface area contributed by atoms with Crippen molar-refractivity contribution >= 4 is 17.9 Å². The van der Waals surface area contributed by atoms with Gasteiger partial charge in [0.05, 0.1) is 19.7 Å². The second-order valence-corrected chi connectivity index (χ2v) is 3.92. The van der Waals surface area contributed by atoms with Gasteiger partial charge >= 0.3 is 17.9 Å². The minimum absolute atomic E-state index is 0.160. The van der Waals surface area contributed by atoms with Gasteiger partial charge in [0, 0.05) is 0 Å². The Kier molecular flexibility index (Phi) is 5.60. The number of carbonyl (C=O) groups is 3. The number of carboxylic acids is 2. The van der Waals surface area contributed by atoms with E-state index in [0.29, 0.717) is 0 Å². The minimum atomic E-state index is -1.45. The molecule has 7 heteroatoms. The van der Waals surface area contributed by atoms with Gasteiger partial charge in [0.25, 0.3) is 0 Å². The summed E-state index contributed by atoms with van der Waals surface area (Å²) in [4.78, 5) is 33.9. The first-order valence-corrected chi connectivity index (χ1v) is 5.07. The van der Waals surface area contributed by atoms with Crippen molar-refractivity contribution in [2.24, 2.45) is 0 Å².